The summed E-state index contributed by atoms with van der Waals surface area (Å²) in [5, 5.41) is 7.63. The Morgan fingerprint density at radius 1 is 1.12 bits per heavy atom. The van der Waals surface area contributed by atoms with Gasteiger partial charge in [-0.15, -0.1) is 0 Å². The van der Waals surface area contributed by atoms with E-state index in [0.717, 1.165) is 53.5 Å². The van der Waals surface area contributed by atoms with E-state index in [9.17, 15) is 21.6 Å². The molecule has 0 bridgehead atoms. The number of rotatable bonds is 12. The van der Waals surface area contributed by atoms with Gasteiger partial charge in [-0.05, 0) is 91.5 Å². The minimum Gasteiger partial charge on any atom is -0.308 e. The van der Waals surface area contributed by atoms with Crippen LogP contribution in [0.2, 0.25) is 0 Å². The summed E-state index contributed by atoms with van der Waals surface area (Å²) in [7, 11) is -3.49. The minimum atomic E-state index is -3.49. The standard InChI is InChI=1S/C31H42F3N3O2S/c1-4-6-23(3)40(38,39)37-14-13-36(20-25-17-31(33,34)18-25)30(21-37)29-16-27(19-35)26(15-22(29)2)8-5-7-24-9-11-28(32)12-10-24/h9-12,15-16,19,23,25,30,35H,4-8,13-14,17-18,20-21H2,1-3H3/t23?,30-/m1/s1. The molecule has 1 saturated heterocycles. The molecule has 220 valence electrons. The number of alkyl halides is 2. The number of piperazine rings is 1. The van der Waals surface area contributed by atoms with Crippen molar-refractivity contribution in [1.82, 2.24) is 9.21 Å². The number of nitrogens with one attached hydrogen (secondary N) is 1. The van der Waals surface area contributed by atoms with Crippen LogP contribution in [-0.2, 0) is 22.9 Å². The normalized spacial score (nSPS) is 21.2. The van der Waals surface area contributed by atoms with Gasteiger partial charge in [0.1, 0.15) is 5.82 Å². The van der Waals surface area contributed by atoms with Gasteiger partial charge in [-0.1, -0.05) is 31.5 Å². The molecule has 5 nitrogen and oxygen atoms in total. The van der Waals surface area contributed by atoms with Crippen LogP contribution in [0, 0.1) is 24.1 Å². The van der Waals surface area contributed by atoms with E-state index in [4.69, 9.17) is 5.41 Å². The fourth-order valence-corrected chi connectivity index (χ4v) is 7.97. The lowest BCUT2D eigenvalue weighted by molar-refractivity contribution is -0.120. The van der Waals surface area contributed by atoms with Gasteiger partial charge in [0, 0.05) is 51.3 Å². The number of nitrogens with zero attached hydrogens (tertiary/aromatic N) is 2. The van der Waals surface area contributed by atoms with Crippen molar-refractivity contribution in [2.45, 2.75) is 82.9 Å². The van der Waals surface area contributed by atoms with Crippen molar-refractivity contribution in [3.8, 4) is 0 Å². The van der Waals surface area contributed by atoms with E-state index in [2.05, 4.69) is 11.0 Å². The van der Waals surface area contributed by atoms with Crippen LogP contribution in [0.25, 0.3) is 0 Å². The highest BCUT2D eigenvalue weighted by molar-refractivity contribution is 7.89. The molecule has 1 saturated carbocycles. The molecule has 4 rings (SSSR count). The SMILES string of the molecule is CCCC(C)S(=O)(=O)N1CCN(CC2CC(F)(F)C2)[C@@H](c2cc(C=N)c(CCCc3ccc(F)cc3)cc2C)C1. The molecule has 40 heavy (non-hydrogen) atoms. The molecule has 1 aliphatic heterocycles. The highest BCUT2D eigenvalue weighted by atomic mass is 32.2. The van der Waals surface area contributed by atoms with Gasteiger partial charge in [0.15, 0.2) is 0 Å². The number of hydrogen-bond acceptors (Lipinski definition) is 4. The zero-order chi connectivity index (χ0) is 29.1. The summed E-state index contributed by atoms with van der Waals surface area (Å²) in [6.07, 6.45) is 4.87. The van der Waals surface area contributed by atoms with Gasteiger partial charge in [-0.2, -0.15) is 4.31 Å². The third kappa shape index (κ3) is 7.15. The molecule has 2 atom stereocenters. The zero-order valence-corrected chi connectivity index (χ0v) is 24.6. The Morgan fingerprint density at radius 2 is 1.82 bits per heavy atom. The van der Waals surface area contributed by atoms with Crippen molar-refractivity contribution in [3.63, 3.8) is 0 Å². The maximum Gasteiger partial charge on any atom is 0.248 e. The second-order valence-electron chi connectivity index (χ2n) is 11.7. The molecular weight excluding hydrogens is 535 g/mol. The van der Waals surface area contributed by atoms with E-state index in [1.807, 2.05) is 19.9 Å². The van der Waals surface area contributed by atoms with Crippen LogP contribution in [0.4, 0.5) is 13.2 Å². The molecule has 0 aromatic heterocycles. The molecule has 1 N–H and O–H groups in total. The molecule has 0 radical (unpaired) electrons. The smallest absolute Gasteiger partial charge is 0.248 e. The van der Waals surface area contributed by atoms with E-state index < -0.39 is 21.2 Å². The molecule has 2 fully saturated rings. The minimum absolute atomic E-state index is 0.104. The second-order valence-corrected chi connectivity index (χ2v) is 14.0. The first kappa shape index (κ1) is 30.7. The van der Waals surface area contributed by atoms with Gasteiger partial charge in [-0.3, -0.25) is 4.90 Å². The largest absolute Gasteiger partial charge is 0.308 e. The zero-order valence-electron chi connectivity index (χ0n) is 23.8. The lowest BCUT2D eigenvalue weighted by atomic mass is 9.80. The number of halogens is 3. The lowest BCUT2D eigenvalue weighted by Gasteiger charge is -2.46. The summed E-state index contributed by atoms with van der Waals surface area (Å²) in [4.78, 5) is 2.18. The Bertz CT molecular complexity index is 1280. The van der Waals surface area contributed by atoms with Gasteiger partial charge < -0.3 is 5.41 Å². The van der Waals surface area contributed by atoms with Crippen molar-refractivity contribution in [1.29, 1.82) is 5.41 Å². The highest BCUT2D eigenvalue weighted by Gasteiger charge is 2.47. The van der Waals surface area contributed by atoms with Crippen LogP contribution >= 0.6 is 0 Å². The summed E-state index contributed by atoms with van der Waals surface area (Å²) >= 11 is 0. The molecule has 9 heteroatoms. The molecule has 0 spiro atoms. The summed E-state index contributed by atoms with van der Waals surface area (Å²) in [6.45, 7) is 7.38. The van der Waals surface area contributed by atoms with E-state index >= 15 is 0 Å². The molecule has 2 aromatic rings. The monoisotopic (exact) mass is 577 g/mol. The van der Waals surface area contributed by atoms with Crippen molar-refractivity contribution >= 4 is 16.2 Å². The molecule has 2 aliphatic rings. The molecule has 1 aliphatic carbocycles. The quantitative estimate of drug-likeness (QED) is 0.292. The van der Waals surface area contributed by atoms with Crippen LogP contribution in [0.1, 0.15) is 79.8 Å². The highest BCUT2D eigenvalue weighted by Crippen LogP contribution is 2.44. The fourth-order valence-electron chi connectivity index (χ4n) is 6.24. The first-order chi connectivity index (χ1) is 18.9. The summed E-state index contributed by atoms with van der Waals surface area (Å²) in [5.74, 6) is -2.96. The Kier molecular flexibility index (Phi) is 9.78. The van der Waals surface area contributed by atoms with Gasteiger partial charge in [-0.25, -0.2) is 21.6 Å². The van der Waals surface area contributed by atoms with E-state index in [1.54, 1.807) is 23.4 Å². The third-order valence-corrected chi connectivity index (χ3v) is 10.9. The van der Waals surface area contributed by atoms with Crippen LogP contribution in [0.3, 0.4) is 0 Å². The van der Waals surface area contributed by atoms with Crippen molar-refractivity contribution < 1.29 is 21.6 Å². The van der Waals surface area contributed by atoms with Crippen molar-refractivity contribution in [2.75, 3.05) is 26.2 Å². The van der Waals surface area contributed by atoms with E-state index in [0.29, 0.717) is 26.1 Å². The lowest BCUT2D eigenvalue weighted by Crippen LogP contribution is -2.54. The topological polar surface area (TPSA) is 64.5 Å². The Hall–Kier alpha value is -2.23. The second kappa shape index (κ2) is 12.7. The summed E-state index contributed by atoms with van der Waals surface area (Å²) in [5.41, 5.74) is 4.85. The molecule has 1 heterocycles. The average Bonchev–Trinajstić information content (AvgIpc) is 2.89. The molecule has 0 amide bonds. The Morgan fingerprint density at radius 3 is 2.45 bits per heavy atom. The first-order valence-electron chi connectivity index (χ1n) is 14.4. The van der Waals surface area contributed by atoms with Gasteiger partial charge in [0.2, 0.25) is 15.9 Å². The molecule has 1 unspecified atom stereocenters. The van der Waals surface area contributed by atoms with Gasteiger partial charge in [0.05, 0.1) is 5.25 Å². The fraction of sp³-hybridized carbons (Fsp3) is 0.581. The molecule has 2 aromatic carbocycles. The Labute approximate surface area is 237 Å². The van der Waals surface area contributed by atoms with Gasteiger partial charge >= 0.3 is 0 Å². The average molecular weight is 578 g/mol. The number of sulfonamides is 1. The van der Waals surface area contributed by atoms with E-state index in [-0.39, 0.29) is 37.2 Å². The number of hydrogen-bond donors (Lipinski definition) is 1. The molecular formula is C31H42F3N3O2S. The van der Waals surface area contributed by atoms with Crippen LogP contribution in [0.5, 0.6) is 0 Å². The maximum atomic E-state index is 13.6. The van der Waals surface area contributed by atoms with E-state index in [1.165, 1.54) is 18.3 Å². The Balaban J connectivity index is 1.57. The maximum absolute atomic E-state index is 13.6. The van der Waals surface area contributed by atoms with Crippen LogP contribution < -0.4 is 0 Å². The van der Waals surface area contributed by atoms with Crippen molar-refractivity contribution in [2.24, 2.45) is 5.92 Å². The first-order valence-corrected chi connectivity index (χ1v) is 15.9. The van der Waals surface area contributed by atoms with Crippen LogP contribution in [-0.4, -0.2) is 61.2 Å². The third-order valence-electron chi connectivity index (χ3n) is 8.55. The van der Waals surface area contributed by atoms with Gasteiger partial charge in [0.25, 0.3) is 0 Å². The van der Waals surface area contributed by atoms with Crippen molar-refractivity contribution in [3.05, 3.63) is 70.0 Å². The van der Waals surface area contributed by atoms with Crippen LogP contribution in [0.15, 0.2) is 36.4 Å². The summed E-state index contributed by atoms with van der Waals surface area (Å²) < 4.78 is 68.9. The predicted octanol–water partition coefficient (Wildman–Crippen LogP) is 6.53. The summed E-state index contributed by atoms with van der Waals surface area (Å²) in [6, 6.07) is 10.3. The number of aryl methyl sites for hydroxylation is 3. The number of benzene rings is 2. The predicted molar refractivity (Wildman–Crippen MR) is 154 cm³/mol.